The first kappa shape index (κ1) is 13.9. The number of halogens is 1. The molecule has 1 aliphatic heterocycles. The Balaban J connectivity index is 1.82. The van der Waals surface area contributed by atoms with Crippen LogP contribution in [0.15, 0.2) is 54.8 Å². The van der Waals surface area contributed by atoms with Crippen molar-refractivity contribution < 1.29 is 4.74 Å². The highest BCUT2D eigenvalue weighted by Gasteiger charge is 2.39. The smallest absolute Gasteiger partial charge is 0.134 e. The van der Waals surface area contributed by atoms with Gasteiger partial charge in [0.25, 0.3) is 0 Å². The lowest BCUT2D eigenvalue weighted by molar-refractivity contribution is -0.0187. The summed E-state index contributed by atoms with van der Waals surface area (Å²) in [4.78, 5) is 0. The third-order valence-electron chi connectivity index (χ3n) is 4.93. The second-order valence-electron chi connectivity index (χ2n) is 6.26. The molecule has 0 N–H and O–H groups in total. The van der Waals surface area contributed by atoms with Gasteiger partial charge in [0.2, 0.25) is 0 Å². The Hall–Kier alpha value is -1.73. The number of hydrogen-bond acceptors (Lipinski definition) is 1. The van der Waals surface area contributed by atoms with Gasteiger partial charge in [0.15, 0.2) is 0 Å². The zero-order valence-electron chi connectivity index (χ0n) is 12.5. The first-order valence-electron chi connectivity index (χ1n) is 8.02. The van der Waals surface area contributed by atoms with Crippen LogP contribution in [0.2, 0.25) is 5.02 Å². The molecule has 0 saturated heterocycles. The molecule has 112 valence electrons. The highest BCUT2D eigenvalue weighted by molar-refractivity contribution is 6.30. The van der Waals surface area contributed by atoms with Crippen LogP contribution in [0, 0.1) is 0 Å². The molecule has 2 aromatic rings. The third-order valence-corrected chi connectivity index (χ3v) is 5.18. The maximum atomic E-state index is 6.34. The Morgan fingerprint density at radius 2 is 1.59 bits per heavy atom. The maximum absolute atomic E-state index is 6.34. The summed E-state index contributed by atoms with van der Waals surface area (Å²) in [5, 5.41) is 0.762. The number of hydrogen-bond donors (Lipinski definition) is 0. The van der Waals surface area contributed by atoms with Gasteiger partial charge in [0.1, 0.15) is 5.60 Å². The van der Waals surface area contributed by atoms with E-state index >= 15 is 0 Å². The molecule has 1 nitrogen and oxygen atoms in total. The van der Waals surface area contributed by atoms with E-state index in [0.717, 1.165) is 29.0 Å². The average molecular weight is 311 g/mol. The molecule has 2 aliphatic rings. The predicted octanol–water partition coefficient (Wildman–Crippen LogP) is 5.92. The molecule has 1 saturated carbocycles. The SMILES string of the molecule is Clc1ccc(C2=COC3(CCCCC3)c3ccccc32)cc1. The predicted molar refractivity (Wildman–Crippen MR) is 90.8 cm³/mol. The molecule has 2 aromatic carbocycles. The monoisotopic (exact) mass is 310 g/mol. The van der Waals surface area contributed by atoms with E-state index in [1.54, 1.807) is 0 Å². The van der Waals surface area contributed by atoms with Crippen LogP contribution < -0.4 is 0 Å². The summed E-state index contributed by atoms with van der Waals surface area (Å²) < 4.78 is 6.34. The summed E-state index contributed by atoms with van der Waals surface area (Å²) in [6.45, 7) is 0. The zero-order chi connectivity index (χ0) is 15.0. The highest BCUT2D eigenvalue weighted by Crippen LogP contribution is 2.47. The van der Waals surface area contributed by atoms with E-state index in [0.29, 0.717) is 0 Å². The van der Waals surface area contributed by atoms with Gasteiger partial charge in [0.05, 0.1) is 6.26 Å². The summed E-state index contributed by atoms with van der Waals surface area (Å²) in [5.74, 6) is 0. The molecule has 2 heteroatoms. The molecular formula is C20H19ClO. The molecule has 1 aliphatic carbocycles. The normalized spacial score (nSPS) is 19.2. The van der Waals surface area contributed by atoms with Gasteiger partial charge in [-0.25, -0.2) is 0 Å². The molecule has 22 heavy (non-hydrogen) atoms. The first-order valence-corrected chi connectivity index (χ1v) is 8.40. The van der Waals surface area contributed by atoms with Gasteiger partial charge >= 0.3 is 0 Å². The van der Waals surface area contributed by atoms with Gasteiger partial charge in [-0.2, -0.15) is 0 Å². The van der Waals surface area contributed by atoms with E-state index in [4.69, 9.17) is 16.3 Å². The van der Waals surface area contributed by atoms with Gasteiger partial charge in [-0.15, -0.1) is 0 Å². The first-order chi connectivity index (χ1) is 10.8. The van der Waals surface area contributed by atoms with Crippen LogP contribution in [0.5, 0.6) is 0 Å². The largest absolute Gasteiger partial charge is 0.489 e. The standard InChI is InChI=1S/C20H19ClO/c21-16-10-8-15(9-11-16)18-14-22-20(12-4-1-5-13-20)19-7-3-2-6-17(18)19/h2-3,6-11,14H,1,4-5,12-13H2. The van der Waals surface area contributed by atoms with E-state index < -0.39 is 0 Å². The second kappa shape index (κ2) is 5.48. The second-order valence-corrected chi connectivity index (χ2v) is 6.69. The topological polar surface area (TPSA) is 9.23 Å². The molecule has 1 fully saturated rings. The van der Waals surface area contributed by atoms with Crippen LogP contribution in [-0.4, -0.2) is 0 Å². The van der Waals surface area contributed by atoms with Crippen molar-refractivity contribution in [2.24, 2.45) is 0 Å². The molecule has 0 aromatic heterocycles. The molecule has 0 radical (unpaired) electrons. The Bertz CT molecular complexity index is 709. The molecule has 1 spiro atoms. The van der Waals surface area contributed by atoms with E-state index in [9.17, 15) is 0 Å². The minimum Gasteiger partial charge on any atom is -0.489 e. The highest BCUT2D eigenvalue weighted by atomic mass is 35.5. The van der Waals surface area contributed by atoms with Crippen LogP contribution in [0.1, 0.15) is 48.8 Å². The molecular weight excluding hydrogens is 292 g/mol. The Morgan fingerprint density at radius 3 is 2.36 bits per heavy atom. The van der Waals surface area contributed by atoms with Crippen molar-refractivity contribution in [1.82, 2.24) is 0 Å². The van der Waals surface area contributed by atoms with Crippen molar-refractivity contribution in [1.29, 1.82) is 0 Å². The Kier molecular flexibility index (Phi) is 3.46. The molecule has 0 atom stereocenters. The fourth-order valence-electron chi connectivity index (χ4n) is 3.78. The van der Waals surface area contributed by atoms with Gasteiger partial charge in [0, 0.05) is 16.2 Å². The number of ether oxygens (including phenoxy) is 1. The summed E-state index contributed by atoms with van der Waals surface area (Å²) in [7, 11) is 0. The lowest BCUT2D eigenvalue weighted by atomic mass is 9.75. The van der Waals surface area contributed by atoms with Crippen molar-refractivity contribution in [3.05, 3.63) is 76.5 Å². The van der Waals surface area contributed by atoms with Crippen molar-refractivity contribution >= 4 is 17.2 Å². The molecule has 0 unspecified atom stereocenters. The minimum atomic E-state index is -0.106. The minimum absolute atomic E-state index is 0.106. The van der Waals surface area contributed by atoms with Crippen molar-refractivity contribution in [2.75, 3.05) is 0 Å². The van der Waals surface area contributed by atoms with E-state index in [1.807, 2.05) is 18.4 Å². The van der Waals surface area contributed by atoms with Crippen LogP contribution >= 0.6 is 11.6 Å². The van der Waals surface area contributed by atoms with Gasteiger partial charge < -0.3 is 4.74 Å². The quantitative estimate of drug-likeness (QED) is 0.635. The lowest BCUT2D eigenvalue weighted by Gasteiger charge is -2.41. The van der Waals surface area contributed by atoms with Gasteiger partial charge in [-0.1, -0.05) is 54.4 Å². The van der Waals surface area contributed by atoms with Crippen molar-refractivity contribution in [2.45, 2.75) is 37.7 Å². The van der Waals surface area contributed by atoms with Crippen LogP contribution in [0.25, 0.3) is 5.57 Å². The summed E-state index contributed by atoms with van der Waals surface area (Å²) in [6, 6.07) is 16.7. The lowest BCUT2D eigenvalue weighted by Crippen LogP contribution is -2.33. The molecule has 0 amide bonds. The maximum Gasteiger partial charge on any atom is 0.134 e. The third kappa shape index (κ3) is 2.24. The van der Waals surface area contributed by atoms with Crippen molar-refractivity contribution in [3.8, 4) is 0 Å². The molecule has 1 heterocycles. The number of benzene rings is 2. The van der Waals surface area contributed by atoms with Crippen LogP contribution in [-0.2, 0) is 10.3 Å². The van der Waals surface area contributed by atoms with Crippen molar-refractivity contribution in [3.63, 3.8) is 0 Å². The average Bonchev–Trinajstić information content (AvgIpc) is 2.58. The fourth-order valence-corrected chi connectivity index (χ4v) is 3.90. The fraction of sp³-hybridized carbons (Fsp3) is 0.300. The summed E-state index contributed by atoms with van der Waals surface area (Å²) in [5.41, 5.74) is 4.86. The zero-order valence-corrected chi connectivity index (χ0v) is 13.3. The molecule has 4 rings (SSSR count). The van der Waals surface area contributed by atoms with Crippen LogP contribution in [0.3, 0.4) is 0 Å². The Morgan fingerprint density at radius 1 is 0.864 bits per heavy atom. The van der Waals surface area contributed by atoms with Gasteiger partial charge in [-0.05, 0) is 48.9 Å². The number of fused-ring (bicyclic) bond motifs is 2. The summed E-state index contributed by atoms with van der Waals surface area (Å²) >= 11 is 6.02. The van der Waals surface area contributed by atoms with Gasteiger partial charge in [-0.3, -0.25) is 0 Å². The van der Waals surface area contributed by atoms with E-state index in [2.05, 4.69) is 36.4 Å². The summed E-state index contributed by atoms with van der Waals surface area (Å²) in [6.07, 6.45) is 8.03. The van der Waals surface area contributed by atoms with E-state index in [1.165, 1.54) is 30.4 Å². The van der Waals surface area contributed by atoms with E-state index in [-0.39, 0.29) is 5.60 Å². The molecule has 0 bridgehead atoms. The number of rotatable bonds is 1. The van der Waals surface area contributed by atoms with Crippen LogP contribution in [0.4, 0.5) is 0 Å². The Labute approximate surface area is 136 Å².